The minimum atomic E-state index is -0.685. The Balaban J connectivity index is 2.16. The molecular weight excluding hydrogens is 480 g/mol. The number of ether oxygens (including phenoxy) is 3. The van der Waals surface area contributed by atoms with E-state index in [-0.39, 0.29) is 11.5 Å². The van der Waals surface area contributed by atoms with Crippen LogP contribution in [0, 0.1) is 5.41 Å². The molecule has 8 heteroatoms. The Bertz CT molecular complexity index is 934. The van der Waals surface area contributed by atoms with Gasteiger partial charge in [0.15, 0.2) is 17.3 Å². The summed E-state index contributed by atoms with van der Waals surface area (Å²) in [6, 6.07) is 3.67. The summed E-state index contributed by atoms with van der Waals surface area (Å²) >= 11 is 7.09. The molecule has 27 heavy (non-hydrogen) atoms. The number of nitrogens with two attached hydrogens (primary N) is 1. The normalized spacial score (nSPS) is 23.2. The van der Waals surface area contributed by atoms with Gasteiger partial charge in [0.05, 0.1) is 32.4 Å². The number of benzene rings is 1. The van der Waals surface area contributed by atoms with Crippen molar-refractivity contribution in [1.82, 2.24) is 0 Å². The van der Waals surface area contributed by atoms with Gasteiger partial charge < -0.3 is 19.9 Å². The Labute approximate surface area is 174 Å². The number of amidine groups is 1. The molecule has 1 atom stereocenters. The average molecular weight is 498 g/mol. The summed E-state index contributed by atoms with van der Waals surface area (Å²) in [7, 11) is 4.63. The number of carbonyl (C=O) groups is 1. The number of rotatable bonds is 4. The fourth-order valence-corrected chi connectivity index (χ4v) is 4.23. The molecule has 1 unspecified atom stereocenters. The summed E-state index contributed by atoms with van der Waals surface area (Å²) < 4.78 is 17.5. The molecule has 0 fully saturated rings. The van der Waals surface area contributed by atoms with E-state index in [1.54, 1.807) is 20.3 Å². The highest BCUT2D eigenvalue weighted by Gasteiger charge is 2.44. The van der Waals surface area contributed by atoms with Crippen LogP contribution in [0.3, 0.4) is 0 Å². The van der Waals surface area contributed by atoms with Crippen LogP contribution in [0.25, 0.3) is 6.08 Å². The molecule has 0 saturated heterocycles. The number of aliphatic imine (C=N–C) groups is 1. The van der Waals surface area contributed by atoms with Crippen LogP contribution in [0.5, 0.6) is 11.5 Å². The van der Waals surface area contributed by atoms with E-state index in [0.29, 0.717) is 33.9 Å². The number of ketones is 1. The zero-order valence-electron chi connectivity index (χ0n) is 15.0. The first-order valence-electron chi connectivity index (χ1n) is 8.00. The fraction of sp³-hybridized carbons (Fsp3) is 0.263. The lowest BCUT2D eigenvalue weighted by atomic mass is 9.78. The van der Waals surface area contributed by atoms with Gasteiger partial charge in [-0.2, -0.15) is 0 Å². The molecule has 0 aromatic heterocycles. The van der Waals surface area contributed by atoms with Crippen LogP contribution < -0.4 is 15.2 Å². The maximum Gasteiger partial charge on any atom is 0.220 e. The van der Waals surface area contributed by atoms with E-state index >= 15 is 0 Å². The van der Waals surface area contributed by atoms with Crippen molar-refractivity contribution in [1.29, 1.82) is 0 Å². The van der Waals surface area contributed by atoms with Gasteiger partial charge in [0, 0.05) is 21.5 Å². The van der Waals surface area contributed by atoms with Crippen LogP contribution in [0.2, 0.25) is 0 Å². The van der Waals surface area contributed by atoms with Gasteiger partial charge >= 0.3 is 0 Å². The van der Waals surface area contributed by atoms with Crippen LogP contribution in [-0.4, -0.2) is 32.9 Å². The zero-order chi connectivity index (χ0) is 19.8. The van der Waals surface area contributed by atoms with Gasteiger partial charge in [-0.15, -0.1) is 0 Å². The first kappa shape index (κ1) is 19.7. The second-order valence-electron chi connectivity index (χ2n) is 6.08. The Hall–Kier alpha value is -2.06. The van der Waals surface area contributed by atoms with Crippen molar-refractivity contribution in [2.24, 2.45) is 16.1 Å². The average Bonchev–Trinajstić information content (AvgIpc) is 2.95. The molecule has 0 saturated carbocycles. The fourth-order valence-electron chi connectivity index (χ4n) is 3.13. The second-order valence-corrected chi connectivity index (χ2v) is 7.79. The van der Waals surface area contributed by atoms with Gasteiger partial charge in [-0.05, 0) is 29.8 Å². The second kappa shape index (κ2) is 7.52. The van der Waals surface area contributed by atoms with Crippen LogP contribution in [0.4, 0.5) is 0 Å². The Morgan fingerprint density at radius 1 is 1.15 bits per heavy atom. The van der Waals surface area contributed by atoms with E-state index in [2.05, 4.69) is 36.9 Å². The van der Waals surface area contributed by atoms with Gasteiger partial charge in [0.2, 0.25) is 5.78 Å². The minimum absolute atomic E-state index is 0.202. The number of nitrogens with zero attached hydrogens (tertiary/aromatic N) is 1. The minimum Gasteiger partial charge on any atom is -0.493 e. The molecule has 0 bridgehead atoms. The number of methoxy groups -OCH3 is 3. The monoisotopic (exact) mass is 496 g/mol. The maximum absolute atomic E-state index is 12.1. The number of allylic oxidation sites excluding steroid dienone is 2. The third kappa shape index (κ3) is 3.43. The van der Waals surface area contributed by atoms with E-state index in [4.69, 9.17) is 19.9 Å². The Morgan fingerprint density at radius 2 is 1.81 bits per heavy atom. The molecule has 0 radical (unpaired) electrons. The maximum atomic E-state index is 12.1. The van der Waals surface area contributed by atoms with Crippen LogP contribution in [-0.2, 0) is 9.53 Å². The lowest BCUT2D eigenvalue weighted by Crippen LogP contribution is -2.26. The van der Waals surface area contributed by atoms with E-state index < -0.39 is 5.41 Å². The highest BCUT2D eigenvalue weighted by atomic mass is 79.9. The van der Waals surface area contributed by atoms with Crippen molar-refractivity contribution < 1.29 is 19.0 Å². The molecular formula is C19H18Br2N2O4. The molecule has 2 N–H and O–H groups in total. The standard InChI is InChI=1S/C19H18Br2N2O4/c1-25-13-4-10(11(20)6-14(13)26-2)5-17-19(9-18(22)23-17)8-15(27-3)12(24)7-16(19)21/h4-8H,9H2,1-3H3,(H2,22,23)/b17-5-. The summed E-state index contributed by atoms with van der Waals surface area (Å²) in [5.41, 5.74) is 6.90. The van der Waals surface area contributed by atoms with Gasteiger partial charge in [0.1, 0.15) is 5.84 Å². The van der Waals surface area contributed by atoms with Crippen LogP contribution >= 0.6 is 31.9 Å². The molecule has 142 valence electrons. The number of carbonyl (C=O) groups excluding carboxylic acids is 1. The Morgan fingerprint density at radius 3 is 2.44 bits per heavy atom. The van der Waals surface area contributed by atoms with Crippen molar-refractivity contribution in [3.63, 3.8) is 0 Å². The first-order chi connectivity index (χ1) is 12.8. The molecule has 1 spiro atoms. The number of hydrogen-bond acceptors (Lipinski definition) is 6. The molecule has 1 aromatic carbocycles. The summed E-state index contributed by atoms with van der Waals surface area (Å²) in [4.78, 5) is 16.6. The van der Waals surface area contributed by atoms with Gasteiger partial charge in [0.25, 0.3) is 0 Å². The van der Waals surface area contributed by atoms with Crippen LogP contribution in [0.15, 0.2) is 49.7 Å². The van der Waals surface area contributed by atoms with Gasteiger partial charge in [-0.1, -0.05) is 31.9 Å². The highest BCUT2D eigenvalue weighted by Crippen LogP contribution is 2.51. The van der Waals surface area contributed by atoms with E-state index in [1.165, 1.54) is 13.2 Å². The predicted octanol–water partition coefficient (Wildman–Crippen LogP) is 3.95. The van der Waals surface area contributed by atoms with E-state index in [9.17, 15) is 4.79 Å². The van der Waals surface area contributed by atoms with Crippen molar-refractivity contribution in [3.8, 4) is 11.5 Å². The van der Waals surface area contributed by atoms with Gasteiger partial charge in [-0.25, -0.2) is 4.99 Å². The largest absolute Gasteiger partial charge is 0.493 e. The third-order valence-electron chi connectivity index (χ3n) is 4.50. The summed E-state index contributed by atoms with van der Waals surface area (Å²) in [6.07, 6.45) is 5.62. The van der Waals surface area contributed by atoms with Gasteiger partial charge in [-0.3, -0.25) is 4.79 Å². The lowest BCUT2D eigenvalue weighted by Gasteiger charge is -2.29. The molecule has 0 amide bonds. The van der Waals surface area contributed by atoms with Crippen molar-refractivity contribution in [2.75, 3.05) is 21.3 Å². The summed E-state index contributed by atoms with van der Waals surface area (Å²) in [5.74, 6) is 1.75. The molecule has 1 aliphatic heterocycles. The summed E-state index contributed by atoms with van der Waals surface area (Å²) in [5, 5.41) is 0. The SMILES string of the molecule is COC1=CC2(CC(N)=N/C2=C\c2cc(OC)c(OC)cc2Br)C(Br)=CC1=O. The van der Waals surface area contributed by atoms with E-state index in [1.807, 2.05) is 18.2 Å². The lowest BCUT2D eigenvalue weighted by molar-refractivity contribution is -0.114. The highest BCUT2D eigenvalue weighted by molar-refractivity contribution is 9.11. The predicted molar refractivity (Wildman–Crippen MR) is 111 cm³/mol. The zero-order valence-corrected chi connectivity index (χ0v) is 18.2. The van der Waals surface area contributed by atoms with Crippen molar-refractivity contribution in [2.45, 2.75) is 6.42 Å². The van der Waals surface area contributed by atoms with Crippen molar-refractivity contribution in [3.05, 3.63) is 50.3 Å². The molecule has 1 aromatic rings. The topological polar surface area (TPSA) is 83.1 Å². The molecule has 2 aliphatic rings. The summed E-state index contributed by atoms with van der Waals surface area (Å²) in [6.45, 7) is 0. The quantitative estimate of drug-likeness (QED) is 0.681. The van der Waals surface area contributed by atoms with Crippen LogP contribution in [0.1, 0.15) is 12.0 Å². The molecule has 1 heterocycles. The molecule has 6 nitrogen and oxygen atoms in total. The molecule has 1 aliphatic carbocycles. The van der Waals surface area contributed by atoms with E-state index in [0.717, 1.165) is 10.0 Å². The number of hydrogen-bond donors (Lipinski definition) is 1. The number of halogens is 2. The van der Waals surface area contributed by atoms with Crippen molar-refractivity contribution >= 4 is 49.6 Å². The third-order valence-corrected chi connectivity index (χ3v) is 6.12. The Kier molecular flexibility index (Phi) is 5.48. The first-order valence-corrected chi connectivity index (χ1v) is 9.58. The smallest absolute Gasteiger partial charge is 0.220 e. The molecule has 3 rings (SSSR count).